The molecule has 0 saturated carbocycles. The first kappa shape index (κ1) is 14.5. The molecule has 0 spiro atoms. The summed E-state index contributed by atoms with van der Waals surface area (Å²) in [7, 11) is 0. The van der Waals surface area contributed by atoms with Gasteiger partial charge in [-0.05, 0) is 19.4 Å². The van der Waals surface area contributed by atoms with Crippen LogP contribution in [0.15, 0.2) is 6.07 Å². The largest absolute Gasteiger partial charge is 0.388 e. The van der Waals surface area contributed by atoms with Gasteiger partial charge in [-0.2, -0.15) is 11.8 Å². The SMILES string of the molecule is Cc1cc(C(N)=S)nc(N2CCSC(C)(C)CC2)n1. The summed E-state index contributed by atoms with van der Waals surface area (Å²) in [5.74, 6) is 1.84. The first-order chi connectivity index (χ1) is 8.87. The predicted molar refractivity (Wildman–Crippen MR) is 86.0 cm³/mol. The van der Waals surface area contributed by atoms with Gasteiger partial charge < -0.3 is 10.6 Å². The van der Waals surface area contributed by atoms with Crippen LogP contribution in [0.3, 0.4) is 0 Å². The summed E-state index contributed by atoms with van der Waals surface area (Å²) in [6, 6.07) is 1.84. The van der Waals surface area contributed by atoms with Crippen LogP contribution in [-0.4, -0.2) is 38.5 Å². The van der Waals surface area contributed by atoms with E-state index in [0.29, 0.717) is 15.4 Å². The molecule has 0 bridgehead atoms. The highest BCUT2D eigenvalue weighted by Crippen LogP contribution is 2.31. The van der Waals surface area contributed by atoms with E-state index in [-0.39, 0.29) is 0 Å². The molecule has 1 saturated heterocycles. The minimum Gasteiger partial charge on any atom is -0.388 e. The monoisotopic (exact) mass is 296 g/mol. The van der Waals surface area contributed by atoms with Gasteiger partial charge in [-0.3, -0.25) is 0 Å². The number of anilines is 1. The maximum absolute atomic E-state index is 5.67. The van der Waals surface area contributed by atoms with Gasteiger partial charge in [0.25, 0.3) is 0 Å². The lowest BCUT2D eigenvalue weighted by Crippen LogP contribution is -2.29. The number of nitrogens with zero attached hydrogens (tertiary/aromatic N) is 3. The Bertz CT molecular complexity index is 488. The van der Waals surface area contributed by atoms with Crippen LogP contribution < -0.4 is 10.6 Å². The minimum absolute atomic E-state index is 0.324. The Morgan fingerprint density at radius 3 is 2.84 bits per heavy atom. The fourth-order valence-electron chi connectivity index (χ4n) is 2.04. The minimum atomic E-state index is 0.324. The number of rotatable bonds is 2. The number of hydrogen-bond acceptors (Lipinski definition) is 5. The summed E-state index contributed by atoms with van der Waals surface area (Å²) in [4.78, 5) is 11.6. The Morgan fingerprint density at radius 1 is 1.42 bits per heavy atom. The van der Waals surface area contributed by atoms with E-state index in [9.17, 15) is 0 Å². The lowest BCUT2D eigenvalue weighted by atomic mass is 10.1. The summed E-state index contributed by atoms with van der Waals surface area (Å²) in [6.07, 6.45) is 1.12. The van der Waals surface area contributed by atoms with Gasteiger partial charge in [0.05, 0.1) is 0 Å². The normalized spacial score (nSPS) is 19.0. The van der Waals surface area contributed by atoms with E-state index in [0.717, 1.165) is 36.9 Å². The number of nitrogens with two attached hydrogens (primary N) is 1. The summed E-state index contributed by atoms with van der Waals surface area (Å²) < 4.78 is 0.324. The van der Waals surface area contributed by atoms with Gasteiger partial charge in [-0.15, -0.1) is 0 Å². The molecule has 4 nitrogen and oxygen atoms in total. The second-order valence-electron chi connectivity index (χ2n) is 5.40. The first-order valence-electron chi connectivity index (χ1n) is 6.42. The molecule has 2 heterocycles. The molecule has 2 rings (SSSR count). The molecule has 2 N–H and O–H groups in total. The third kappa shape index (κ3) is 3.79. The molecule has 1 aliphatic rings. The van der Waals surface area contributed by atoms with Gasteiger partial charge in [0.15, 0.2) is 0 Å². The summed E-state index contributed by atoms with van der Waals surface area (Å²) in [5.41, 5.74) is 7.24. The van der Waals surface area contributed by atoms with E-state index in [4.69, 9.17) is 18.0 Å². The van der Waals surface area contributed by atoms with Crippen molar-refractivity contribution in [3.8, 4) is 0 Å². The molecule has 0 amide bonds. The first-order valence-corrected chi connectivity index (χ1v) is 7.81. The number of hydrogen-bond donors (Lipinski definition) is 1. The van der Waals surface area contributed by atoms with Crippen molar-refractivity contribution >= 4 is 34.9 Å². The van der Waals surface area contributed by atoms with Gasteiger partial charge in [0, 0.05) is 29.3 Å². The zero-order valence-electron chi connectivity index (χ0n) is 11.6. The van der Waals surface area contributed by atoms with E-state index >= 15 is 0 Å². The zero-order valence-corrected chi connectivity index (χ0v) is 13.3. The third-order valence-corrected chi connectivity index (χ3v) is 4.80. The molecule has 104 valence electrons. The Balaban J connectivity index is 2.24. The molecule has 1 fully saturated rings. The Labute approximate surface area is 124 Å². The second-order valence-corrected chi connectivity index (χ2v) is 7.65. The number of aromatic nitrogens is 2. The fraction of sp³-hybridized carbons (Fsp3) is 0.615. The van der Waals surface area contributed by atoms with Crippen molar-refractivity contribution in [3.05, 3.63) is 17.5 Å². The Kier molecular flexibility index (Phi) is 4.30. The van der Waals surface area contributed by atoms with Crippen molar-refractivity contribution in [2.45, 2.75) is 31.9 Å². The zero-order chi connectivity index (χ0) is 14.0. The quantitative estimate of drug-likeness (QED) is 0.844. The second kappa shape index (κ2) is 5.63. The molecule has 19 heavy (non-hydrogen) atoms. The lowest BCUT2D eigenvalue weighted by molar-refractivity contribution is 0.631. The van der Waals surface area contributed by atoms with Gasteiger partial charge >= 0.3 is 0 Å². The maximum Gasteiger partial charge on any atom is 0.226 e. The average Bonchev–Trinajstić information content (AvgIpc) is 2.49. The van der Waals surface area contributed by atoms with Crippen molar-refractivity contribution in [2.24, 2.45) is 5.73 Å². The molecule has 0 radical (unpaired) electrons. The lowest BCUT2D eigenvalue weighted by Gasteiger charge is -2.23. The van der Waals surface area contributed by atoms with Crippen LogP contribution in [-0.2, 0) is 0 Å². The van der Waals surface area contributed by atoms with E-state index in [2.05, 4.69) is 28.7 Å². The van der Waals surface area contributed by atoms with Crippen LogP contribution in [0, 0.1) is 6.92 Å². The predicted octanol–water partition coefficient (Wildman–Crippen LogP) is 2.14. The molecule has 0 unspecified atom stereocenters. The smallest absolute Gasteiger partial charge is 0.226 e. The van der Waals surface area contributed by atoms with E-state index < -0.39 is 0 Å². The van der Waals surface area contributed by atoms with Crippen LogP contribution in [0.4, 0.5) is 5.95 Å². The molecular weight excluding hydrogens is 276 g/mol. The summed E-state index contributed by atoms with van der Waals surface area (Å²) in [5, 5.41) is 0. The highest BCUT2D eigenvalue weighted by Gasteiger charge is 2.25. The van der Waals surface area contributed by atoms with Gasteiger partial charge in [0.1, 0.15) is 10.7 Å². The van der Waals surface area contributed by atoms with Crippen LogP contribution in [0.5, 0.6) is 0 Å². The Morgan fingerprint density at radius 2 is 2.16 bits per heavy atom. The highest BCUT2D eigenvalue weighted by atomic mass is 32.2. The van der Waals surface area contributed by atoms with Crippen molar-refractivity contribution < 1.29 is 0 Å². The van der Waals surface area contributed by atoms with Crippen molar-refractivity contribution in [3.63, 3.8) is 0 Å². The third-order valence-electron chi connectivity index (χ3n) is 3.22. The maximum atomic E-state index is 5.67. The van der Waals surface area contributed by atoms with Gasteiger partial charge in [-0.25, -0.2) is 9.97 Å². The molecule has 1 aliphatic heterocycles. The van der Waals surface area contributed by atoms with Crippen LogP contribution in [0.2, 0.25) is 0 Å². The average molecular weight is 296 g/mol. The van der Waals surface area contributed by atoms with Crippen LogP contribution in [0.25, 0.3) is 0 Å². The standard InChI is InChI=1S/C13H20N4S2/c1-9-8-10(11(14)18)16-12(15-9)17-5-4-13(2,3)19-7-6-17/h8H,4-7H2,1-3H3,(H2,14,18). The van der Waals surface area contributed by atoms with Gasteiger partial charge in [-0.1, -0.05) is 26.1 Å². The van der Waals surface area contributed by atoms with Crippen molar-refractivity contribution in [1.82, 2.24) is 9.97 Å². The van der Waals surface area contributed by atoms with Crippen LogP contribution in [0.1, 0.15) is 31.7 Å². The fourth-order valence-corrected chi connectivity index (χ4v) is 3.25. The molecule has 1 aromatic rings. The van der Waals surface area contributed by atoms with E-state index in [1.54, 1.807) is 0 Å². The van der Waals surface area contributed by atoms with E-state index in [1.807, 2.05) is 24.8 Å². The molecule has 0 atom stereocenters. The molecule has 6 heteroatoms. The highest BCUT2D eigenvalue weighted by molar-refractivity contribution is 8.00. The Hall–Kier alpha value is -0.880. The van der Waals surface area contributed by atoms with Crippen molar-refractivity contribution in [2.75, 3.05) is 23.7 Å². The topological polar surface area (TPSA) is 55.0 Å². The summed E-state index contributed by atoms with van der Waals surface area (Å²) >= 11 is 7.02. The molecule has 0 aromatic carbocycles. The van der Waals surface area contributed by atoms with Crippen molar-refractivity contribution in [1.29, 1.82) is 0 Å². The number of aryl methyl sites for hydroxylation is 1. The van der Waals surface area contributed by atoms with Gasteiger partial charge in [0.2, 0.25) is 5.95 Å². The molecule has 0 aliphatic carbocycles. The number of thioether (sulfide) groups is 1. The molecular formula is C13H20N4S2. The molecule has 1 aromatic heterocycles. The number of thiocarbonyl (C=S) groups is 1. The van der Waals surface area contributed by atoms with E-state index in [1.165, 1.54) is 0 Å². The van der Waals surface area contributed by atoms with Crippen LogP contribution >= 0.6 is 24.0 Å². The summed E-state index contributed by atoms with van der Waals surface area (Å²) in [6.45, 7) is 8.47.